The first-order chi connectivity index (χ1) is 10.3. The van der Waals surface area contributed by atoms with Crippen molar-refractivity contribution in [2.75, 3.05) is 7.05 Å². The van der Waals surface area contributed by atoms with Gasteiger partial charge in [-0.15, -0.1) is 0 Å². The van der Waals surface area contributed by atoms with Crippen molar-refractivity contribution in [1.82, 2.24) is 9.62 Å². The molecule has 8 heteroatoms. The number of hydrogen-bond acceptors (Lipinski definition) is 3. The lowest BCUT2D eigenvalue weighted by molar-refractivity contribution is 0.251. The molecule has 2 aliphatic heterocycles. The van der Waals surface area contributed by atoms with Crippen LogP contribution in [-0.2, 0) is 10.0 Å². The molecule has 22 heavy (non-hydrogen) atoms. The number of piperidine rings is 1. The normalized spacial score (nSPS) is 28.3. The molecule has 0 aromatic heterocycles. The van der Waals surface area contributed by atoms with Crippen molar-refractivity contribution in [1.29, 1.82) is 0 Å². The molecule has 2 saturated heterocycles. The van der Waals surface area contributed by atoms with Crippen LogP contribution in [0.1, 0.15) is 25.7 Å². The molecule has 2 unspecified atom stereocenters. The van der Waals surface area contributed by atoms with Crippen molar-refractivity contribution < 1.29 is 8.42 Å². The van der Waals surface area contributed by atoms with Crippen molar-refractivity contribution in [2.24, 2.45) is 0 Å². The van der Waals surface area contributed by atoms with Crippen LogP contribution in [0.5, 0.6) is 0 Å². The van der Waals surface area contributed by atoms with Gasteiger partial charge in [0, 0.05) is 30.2 Å². The molecule has 2 heterocycles. The van der Waals surface area contributed by atoms with Crippen molar-refractivity contribution >= 4 is 44.8 Å². The Kier molecular flexibility index (Phi) is 4.67. The summed E-state index contributed by atoms with van der Waals surface area (Å²) in [4.78, 5) is -0.0615. The van der Waals surface area contributed by atoms with Crippen LogP contribution >= 0.6 is 34.8 Å². The van der Waals surface area contributed by atoms with Gasteiger partial charge in [0.15, 0.2) is 0 Å². The van der Waals surface area contributed by atoms with E-state index in [1.54, 1.807) is 7.05 Å². The van der Waals surface area contributed by atoms with Crippen molar-refractivity contribution in [2.45, 2.75) is 48.7 Å². The van der Waals surface area contributed by atoms with E-state index in [0.29, 0.717) is 17.1 Å². The predicted molar refractivity (Wildman–Crippen MR) is 89.4 cm³/mol. The first kappa shape index (κ1) is 16.8. The summed E-state index contributed by atoms with van der Waals surface area (Å²) in [5, 5.41) is 3.94. The topological polar surface area (TPSA) is 49.4 Å². The fourth-order valence-corrected chi connectivity index (χ4v) is 6.31. The second-order valence-electron chi connectivity index (χ2n) is 5.98. The lowest BCUT2D eigenvalue weighted by Crippen LogP contribution is -2.48. The molecule has 2 bridgehead atoms. The molecular formula is C14H17Cl3N2O2S. The van der Waals surface area contributed by atoms with Gasteiger partial charge in [-0.05, 0) is 37.8 Å². The zero-order chi connectivity index (χ0) is 16.1. The fourth-order valence-electron chi connectivity index (χ4n) is 3.44. The van der Waals surface area contributed by atoms with E-state index in [4.69, 9.17) is 34.8 Å². The number of halogens is 3. The summed E-state index contributed by atoms with van der Waals surface area (Å²) in [5.74, 6) is 0. The molecule has 1 aromatic rings. The van der Waals surface area contributed by atoms with E-state index in [1.807, 2.05) is 0 Å². The van der Waals surface area contributed by atoms with Crippen molar-refractivity contribution in [3.63, 3.8) is 0 Å². The molecule has 0 radical (unpaired) electrons. The number of rotatable bonds is 3. The standard InChI is InChI=1S/C14H17Cl3N2O2S/c1-19(11-6-9-2-3-10(7-11)18-9)22(20,21)14-12(16)4-8(15)5-13(14)17/h4-5,9-11,18H,2-3,6-7H2,1H3. The molecule has 1 N–H and O–H groups in total. The van der Waals surface area contributed by atoms with Gasteiger partial charge in [-0.2, -0.15) is 4.31 Å². The molecule has 122 valence electrons. The van der Waals surface area contributed by atoms with Gasteiger partial charge >= 0.3 is 0 Å². The zero-order valence-electron chi connectivity index (χ0n) is 12.0. The monoisotopic (exact) mass is 382 g/mol. The van der Waals surface area contributed by atoms with E-state index < -0.39 is 10.0 Å². The third-order valence-electron chi connectivity index (χ3n) is 4.56. The Bertz CT molecular complexity index is 660. The molecule has 4 nitrogen and oxygen atoms in total. The number of benzene rings is 1. The Balaban J connectivity index is 1.93. The molecule has 1 aromatic carbocycles. The quantitative estimate of drug-likeness (QED) is 0.868. The average molecular weight is 384 g/mol. The van der Waals surface area contributed by atoms with Crippen molar-refractivity contribution in [3.8, 4) is 0 Å². The minimum atomic E-state index is -3.75. The van der Waals surface area contributed by atoms with Gasteiger partial charge in [0.05, 0.1) is 10.0 Å². The largest absolute Gasteiger partial charge is 0.311 e. The molecule has 0 aliphatic carbocycles. The molecule has 3 rings (SSSR count). The number of hydrogen-bond donors (Lipinski definition) is 1. The summed E-state index contributed by atoms with van der Waals surface area (Å²) in [5.41, 5.74) is 0. The van der Waals surface area contributed by atoms with Crippen LogP contribution in [0, 0.1) is 0 Å². The van der Waals surface area contributed by atoms with Gasteiger partial charge in [-0.1, -0.05) is 34.8 Å². The third kappa shape index (κ3) is 2.99. The van der Waals surface area contributed by atoms with E-state index in [9.17, 15) is 8.42 Å². The highest BCUT2D eigenvalue weighted by Gasteiger charge is 2.39. The molecule has 2 fully saturated rings. The average Bonchev–Trinajstić information content (AvgIpc) is 2.75. The van der Waals surface area contributed by atoms with E-state index in [0.717, 1.165) is 25.7 Å². The predicted octanol–water partition coefficient (Wildman–Crippen LogP) is 3.55. The number of fused-ring (bicyclic) bond motifs is 2. The summed E-state index contributed by atoms with van der Waals surface area (Å²) in [6, 6.07) is 3.57. The highest BCUT2D eigenvalue weighted by molar-refractivity contribution is 7.89. The summed E-state index contributed by atoms with van der Waals surface area (Å²) in [7, 11) is -2.15. The maximum Gasteiger partial charge on any atom is 0.246 e. The molecular weight excluding hydrogens is 367 g/mol. The maximum atomic E-state index is 12.9. The minimum absolute atomic E-state index is 0.0356. The zero-order valence-corrected chi connectivity index (χ0v) is 15.1. The van der Waals surface area contributed by atoms with Crippen LogP contribution in [0.2, 0.25) is 15.1 Å². The van der Waals surface area contributed by atoms with E-state index in [-0.39, 0.29) is 21.0 Å². The molecule has 0 saturated carbocycles. The second kappa shape index (κ2) is 6.11. The van der Waals surface area contributed by atoms with Gasteiger partial charge in [0.25, 0.3) is 0 Å². The first-order valence-electron chi connectivity index (χ1n) is 7.17. The number of nitrogens with one attached hydrogen (secondary N) is 1. The molecule has 2 atom stereocenters. The second-order valence-corrected chi connectivity index (χ2v) is 9.17. The fraction of sp³-hybridized carbons (Fsp3) is 0.571. The molecule has 2 aliphatic rings. The maximum absolute atomic E-state index is 12.9. The van der Waals surface area contributed by atoms with Crippen LogP contribution in [-0.4, -0.2) is 37.9 Å². The highest BCUT2D eigenvalue weighted by Crippen LogP contribution is 2.37. The SMILES string of the molecule is CN(C1CC2CCC(C1)N2)S(=O)(=O)c1c(Cl)cc(Cl)cc1Cl. The number of nitrogens with zero attached hydrogens (tertiary/aromatic N) is 1. The summed E-state index contributed by atoms with van der Waals surface area (Å²) < 4.78 is 27.2. The van der Waals surface area contributed by atoms with Gasteiger partial charge in [-0.3, -0.25) is 0 Å². The van der Waals surface area contributed by atoms with Crippen LogP contribution < -0.4 is 5.32 Å². The number of sulfonamides is 1. The Morgan fingerprint density at radius 1 is 1.09 bits per heavy atom. The Morgan fingerprint density at radius 2 is 1.59 bits per heavy atom. The third-order valence-corrected chi connectivity index (χ3v) is 7.61. The lowest BCUT2D eigenvalue weighted by atomic mass is 10.0. The van der Waals surface area contributed by atoms with Gasteiger partial charge in [-0.25, -0.2) is 8.42 Å². The van der Waals surface area contributed by atoms with Crippen LogP contribution in [0.3, 0.4) is 0 Å². The summed E-state index contributed by atoms with van der Waals surface area (Å²) in [6.45, 7) is 0. The molecule has 0 spiro atoms. The van der Waals surface area contributed by atoms with E-state index in [2.05, 4.69) is 5.32 Å². The van der Waals surface area contributed by atoms with E-state index >= 15 is 0 Å². The first-order valence-corrected chi connectivity index (χ1v) is 9.75. The Hall–Kier alpha value is -0.0400. The Morgan fingerprint density at radius 3 is 2.09 bits per heavy atom. The van der Waals surface area contributed by atoms with Gasteiger partial charge in [0.2, 0.25) is 10.0 Å². The van der Waals surface area contributed by atoms with Crippen molar-refractivity contribution in [3.05, 3.63) is 27.2 Å². The van der Waals surface area contributed by atoms with Crippen LogP contribution in [0.4, 0.5) is 0 Å². The van der Waals surface area contributed by atoms with Crippen LogP contribution in [0.15, 0.2) is 17.0 Å². The molecule has 0 amide bonds. The van der Waals surface area contributed by atoms with E-state index in [1.165, 1.54) is 16.4 Å². The smallest absolute Gasteiger partial charge is 0.246 e. The summed E-state index contributed by atoms with van der Waals surface area (Å²) >= 11 is 18.0. The Labute approximate surface area is 145 Å². The van der Waals surface area contributed by atoms with Crippen LogP contribution in [0.25, 0.3) is 0 Å². The highest BCUT2D eigenvalue weighted by atomic mass is 35.5. The lowest BCUT2D eigenvalue weighted by Gasteiger charge is -2.35. The minimum Gasteiger partial charge on any atom is -0.311 e. The van der Waals surface area contributed by atoms with Gasteiger partial charge in [0.1, 0.15) is 4.90 Å². The summed E-state index contributed by atoms with van der Waals surface area (Å²) in [6.07, 6.45) is 3.85. The van der Waals surface area contributed by atoms with Gasteiger partial charge < -0.3 is 5.32 Å².